The van der Waals surface area contributed by atoms with E-state index >= 15 is 0 Å². The van der Waals surface area contributed by atoms with E-state index in [9.17, 15) is 4.79 Å². The zero-order valence-corrected chi connectivity index (χ0v) is 9.56. The molecular weight excluding hydrogens is 208 g/mol. The van der Waals surface area contributed by atoms with Crippen LogP contribution >= 0.6 is 0 Å². The molecule has 1 aliphatic heterocycles. The van der Waals surface area contributed by atoms with Gasteiger partial charge in [0.25, 0.3) is 0 Å². The van der Waals surface area contributed by atoms with E-state index in [0.29, 0.717) is 11.5 Å². The van der Waals surface area contributed by atoms with Crippen LogP contribution in [0.25, 0.3) is 0 Å². The predicted octanol–water partition coefficient (Wildman–Crippen LogP) is 1.49. The van der Waals surface area contributed by atoms with E-state index in [2.05, 4.69) is 17.1 Å². The highest BCUT2D eigenvalue weighted by molar-refractivity contribution is 5.90. The minimum atomic E-state index is -0.937. The van der Waals surface area contributed by atoms with Crippen LogP contribution < -0.4 is 0 Å². The van der Waals surface area contributed by atoms with Gasteiger partial charge in [0.1, 0.15) is 5.56 Å². The zero-order valence-electron chi connectivity index (χ0n) is 9.56. The second-order valence-corrected chi connectivity index (χ2v) is 4.39. The SMILES string of the molecule is Cc1noc(C2CCN(C)CC2)c1C(=O)O. The van der Waals surface area contributed by atoms with E-state index in [4.69, 9.17) is 9.63 Å². The van der Waals surface area contributed by atoms with E-state index in [1.165, 1.54) is 0 Å². The lowest BCUT2D eigenvalue weighted by Crippen LogP contribution is -2.29. The minimum absolute atomic E-state index is 0.198. The highest BCUT2D eigenvalue weighted by Gasteiger charge is 2.28. The molecule has 1 aromatic heterocycles. The molecule has 5 nitrogen and oxygen atoms in total. The first kappa shape index (κ1) is 11.1. The maximum absolute atomic E-state index is 11.1. The molecule has 0 aromatic carbocycles. The van der Waals surface area contributed by atoms with Gasteiger partial charge in [-0.15, -0.1) is 0 Å². The Morgan fingerprint density at radius 1 is 1.50 bits per heavy atom. The van der Waals surface area contributed by atoms with Gasteiger partial charge < -0.3 is 14.5 Å². The number of nitrogens with zero attached hydrogens (tertiary/aromatic N) is 2. The molecule has 0 spiro atoms. The van der Waals surface area contributed by atoms with E-state index < -0.39 is 5.97 Å². The molecule has 1 N–H and O–H groups in total. The maximum Gasteiger partial charge on any atom is 0.341 e. The molecule has 2 rings (SSSR count). The molecule has 0 amide bonds. The van der Waals surface area contributed by atoms with Crippen LogP contribution in [-0.2, 0) is 0 Å². The van der Waals surface area contributed by atoms with Crippen molar-refractivity contribution in [3.8, 4) is 0 Å². The van der Waals surface area contributed by atoms with Crippen molar-refractivity contribution in [1.82, 2.24) is 10.1 Å². The van der Waals surface area contributed by atoms with Crippen LogP contribution in [-0.4, -0.2) is 41.3 Å². The number of aryl methyl sites for hydroxylation is 1. The molecule has 0 bridgehead atoms. The fourth-order valence-electron chi connectivity index (χ4n) is 2.20. The molecule has 5 heteroatoms. The van der Waals surface area contributed by atoms with Gasteiger partial charge in [0.2, 0.25) is 0 Å². The van der Waals surface area contributed by atoms with Crippen molar-refractivity contribution in [3.05, 3.63) is 17.0 Å². The number of carboxylic acid groups (broad SMARTS) is 1. The highest BCUT2D eigenvalue weighted by atomic mass is 16.5. The Labute approximate surface area is 94.0 Å². The summed E-state index contributed by atoms with van der Waals surface area (Å²) in [4.78, 5) is 13.3. The van der Waals surface area contributed by atoms with Crippen molar-refractivity contribution in [1.29, 1.82) is 0 Å². The lowest BCUT2D eigenvalue weighted by Gasteiger charge is -2.27. The Balaban J connectivity index is 2.24. The first-order chi connectivity index (χ1) is 7.59. The Morgan fingerprint density at radius 2 is 2.12 bits per heavy atom. The first-order valence-electron chi connectivity index (χ1n) is 5.47. The number of rotatable bonds is 2. The van der Waals surface area contributed by atoms with Crippen LogP contribution in [0.5, 0.6) is 0 Å². The number of likely N-dealkylation sites (tertiary alicyclic amines) is 1. The second kappa shape index (κ2) is 4.25. The number of hydrogen-bond donors (Lipinski definition) is 1. The summed E-state index contributed by atoms with van der Waals surface area (Å²) >= 11 is 0. The third kappa shape index (κ3) is 1.95. The van der Waals surface area contributed by atoms with Crippen molar-refractivity contribution < 1.29 is 14.4 Å². The van der Waals surface area contributed by atoms with Crippen molar-refractivity contribution in [3.63, 3.8) is 0 Å². The molecule has 1 saturated heterocycles. The van der Waals surface area contributed by atoms with Gasteiger partial charge in [-0.1, -0.05) is 5.16 Å². The quantitative estimate of drug-likeness (QED) is 0.824. The molecule has 2 heterocycles. The van der Waals surface area contributed by atoms with Gasteiger partial charge in [-0.25, -0.2) is 4.79 Å². The van der Waals surface area contributed by atoms with Crippen LogP contribution in [0.4, 0.5) is 0 Å². The Kier molecular flexibility index (Phi) is 2.96. The molecule has 0 radical (unpaired) electrons. The van der Waals surface area contributed by atoms with Crippen molar-refractivity contribution in [2.24, 2.45) is 0 Å². The fourth-order valence-corrected chi connectivity index (χ4v) is 2.20. The van der Waals surface area contributed by atoms with E-state index in [1.54, 1.807) is 6.92 Å². The largest absolute Gasteiger partial charge is 0.477 e. The van der Waals surface area contributed by atoms with Gasteiger partial charge in [0.05, 0.1) is 5.69 Å². The highest BCUT2D eigenvalue weighted by Crippen LogP contribution is 2.31. The van der Waals surface area contributed by atoms with Gasteiger partial charge in [0.15, 0.2) is 5.76 Å². The first-order valence-corrected chi connectivity index (χ1v) is 5.47. The summed E-state index contributed by atoms with van der Waals surface area (Å²) in [6, 6.07) is 0. The molecule has 1 aliphatic rings. The number of carbonyl (C=O) groups is 1. The molecule has 1 fully saturated rings. The number of aromatic nitrogens is 1. The Morgan fingerprint density at radius 3 is 2.69 bits per heavy atom. The molecule has 0 saturated carbocycles. The molecule has 0 unspecified atom stereocenters. The van der Waals surface area contributed by atoms with Crippen LogP contribution in [0.1, 0.15) is 40.6 Å². The minimum Gasteiger partial charge on any atom is -0.477 e. The smallest absolute Gasteiger partial charge is 0.341 e. The Hall–Kier alpha value is -1.36. The van der Waals surface area contributed by atoms with E-state index in [-0.39, 0.29) is 11.5 Å². The summed E-state index contributed by atoms with van der Waals surface area (Å²) in [5.41, 5.74) is 0.732. The van der Waals surface area contributed by atoms with Gasteiger partial charge in [-0.3, -0.25) is 0 Å². The normalized spacial score (nSPS) is 18.9. The van der Waals surface area contributed by atoms with Crippen molar-refractivity contribution in [2.75, 3.05) is 20.1 Å². The predicted molar refractivity (Wildman–Crippen MR) is 57.7 cm³/mol. The van der Waals surface area contributed by atoms with Crippen molar-refractivity contribution >= 4 is 5.97 Å². The maximum atomic E-state index is 11.1. The van der Waals surface area contributed by atoms with Crippen LogP contribution in [0, 0.1) is 6.92 Å². The molecular formula is C11H16N2O3. The van der Waals surface area contributed by atoms with Crippen LogP contribution in [0.2, 0.25) is 0 Å². The molecule has 88 valence electrons. The van der Waals surface area contributed by atoms with Crippen LogP contribution in [0.15, 0.2) is 4.52 Å². The molecule has 0 atom stereocenters. The zero-order chi connectivity index (χ0) is 11.7. The summed E-state index contributed by atoms with van der Waals surface area (Å²) in [6.07, 6.45) is 1.87. The average Bonchev–Trinajstić information content (AvgIpc) is 2.61. The standard InChI is InChI=1S/C11H16N2O3/c1-7-9(11(14)15)10(16-12-7)8-3-5-13(2)6-4-8/h8H,3-6H2,1-2H3,(H,14,15). The topological polar surface area (TPSA) is 66.6 Å². The van der Waals surface area contributed by atoms with E-state index in [0.717, 1.165) is 25.9 Å². The summed E-state index contributed by atoms with van der Waals surface area (Å²) in [6.45, 7) is 3.62. The Bertz CT molecular complexity index is 392. The number of hydrogen-bond acceptors (Lipinski definition) is 4. The summed E-state index contributed by atoms with van der Waals surface area (Å²) in [5.74, 6) is -0.186. The van der Waals surface area contributed by atoms with Gasteiger partial charge in [0, 0.05) is 5.92 Å². The summed E-state index contributed by atoms with van der Waals surface area (Å²) in [7, 11) is 2.07. The van der Waals surface area contributed by atoms with Crippen molar-refractivity contribution in [2.45, 2.75) is 25.7 Å². The number of aromatic carboxylic acids is 1. The molecule has 0 aliphatic carbocycles. The lowest BCUT2D eigenvalue weighted by molar-refractivity contribution is 0.0692. The fraction of sp³-hybridized carbons (Fsp3) is 0.636. The number of piperidine rings is 1. The van der Waals surface area contributed by atoms with Gasteiger partial charge >= 0.3 is 5.97 Å². The lowest BCUT2D eigenvalue weighted by atomic mass is 9.92. The summed E-state index contributed by atoms with van der Waals surface area (Å²) in [5, 5.41) is 12.9. The van der Waals surface area contributed by atoms with Gasteiger partial charge in [-0.05, 0) is 39.9 Å². The summed E-state index contributed by atoms with van der Waals surface area (Å²) < 4.78 is 5.18. The number of carboxylic acids is 1. The monoisotopic (exact) mass is 224 g/mol. The third-order valence-corrected chi connectivity index (χ3v) is 3.19. The third-order valence-electron chi connectivity index (χ3n) is 3.19. The van der Waals surface area contributed by atoms with Gasteiger partial charge in [-0.2, -0.15) is 0 Å². The van der Waals surface area contributed by atoms with E-state index in [1.807, 2.05) is 0 Å². The second-order valence-electron chi connectivity index (χ2n) is 4.39. The average molecular weight is 224 g/mol. The molecule has 1 aromatic rings. The molecule has 16 heavy (non-hydrogen) atoms. The van der Waals surface area contributed by atoms with Crippen LogP contribution in [0.3, 0.4) is 0 Å².